The minimum atomic E-state index is 0.272. The highest BCUT2D eigenvalue weighted by molar-refractivity contribution is 5.34. The second kappa shape index (κ2) is 4.85. The van der Waals surface area contributed by atoms with E-state index in [0.29, 0.717) is 6.61 Å². The Hall–Kier alpha value is -1.06. The molecule has 0 radical (unpaired) electrons. The van der Waals surface area contributed by atoms with Crippen molar-refractivity contribution in [3.05, 3.63) is 36.1 Å². The first-order valence-electron chi connectivity index (χ1n) is 5.54. The monoisotopic (exact) mass is 222 g/mol. The molecule has 0 amide bonds. The van der Waals surface area contributed by atoms with Gasteiger partial charge in [-0.05, 0) is 18.9 Å². The van der Waals surface area contributed by atoms with Gasteiger partial charge in [0.15, 0.2) is 6.79 Å². The van der Waals surface area contributed by atoms with Gasteiger partial charge in [-0.2, -0.15) is 0 Å². The fraction of sp³-hybridized carbons (Fsp3) is 0.538. The van der Waals surface area contributed by atoms with Crippen molar-refractivity contribution in [3.63, 3.8) is 0 Å². The lowest BCUT2D eigenvalue weighted by Gasteiger charge is -2.12. The molecule has 2 aliphatic rings. The van der Waals surface area contributed by atoms with Gasteiger partial charge in [-0.3, -0.25) is 0 Å². The van der Waals surface area contributed by atoms with Crippen LogP contribution < -0.4 is 0 Å². The third kappa shape index (κ3) is 2.20. The molecule has 1 saturated heterocycles. The van der Waals surface area contributed by atoms with E-state index in [1.807, 2.05) is 12.2 Å². The average Bonchev–Trinajstić information content (AvgIpc) is 2.94. The second-order valence-electron chi connectivity index (χ2n) is 4.26. The van der Waals surface area contributed by atoms with Crippen molar-refractivity contribution < 1.29 is 14.2 Å². The summed E-state index contributed by atoms with van der Waals surface area (Å²) >= 11 is 0. The van der Waals surface area contributed by atoms with Crippen LogP contribution in [0.15, 0.2) is 36.1 Å². The number of methoxy groups -OCH3 is 1. The summed E-state index contributed by atoms with van der Waals surface area (Å²) in [7, 11) is 1.62. The number of rotatable bonds is 5. The Morgan fingerprint density at radius 3 is 3.00 bits per heavy atom. The van der Waals surface area contributed by atoms with Gasteiger partial charge in [-0.25, -0.2) is 0 Å². The molecule has 0 N–H and O–H groups in total. The van der Waals surface area contributed by atoms with E-state index in [1.165, 1.54) is 18.4 Å². The largest absolute Gasteiger partial charge is 0.468 e. The zero-order valence-corrected chi connectivity index (χ0v) is 9.70. The number of hydrogen-bond donors (Lipinski definition) is 0. The minimum absolute atomic E-state index is 0.272. The van der Waals surface area contributed by atoms with Crippen LogP contribution in [0.5, 0.6) is 0 Å². The molecular formula is C13H18O3. The first-order valence-corrected chi connectivity index (χ1v) is 5.54. The van der Waals surface area contributed by atoms with Crippen LogP contribution in [0.4, 0.5) is 0 Å². The van der Waals surface area contributed by atoms with Crippen LogP contribution in [-0.4, -0.2) is 27.1 Å². The molecule has 1 aliphatic carbocycles. The highest BCUT2D eigenvalue weighted by Gasteiger charge is 2.51. The van der Waals surface area contributed by atoms with Crippen LogP contribution in [0.1, 0.15) is 12.8 Å². The van der Waals surface area contributed by atoms with Crippen molar-refractivity contribution in [2.45, 2.75) is 12.8 Å². The number of hydrogen-bond acceptors (Lipinski definition) is 3. The summed E-state index contributed by atoms with van der Waals surface area (Å²) in [6.07, 6.45) is 7.99. The first kappa shape index (κ1) is 11.4. The van der Waals surface area contributed by atoms with Gasteiger partial charge < -0.3 is 14.2 Å². The average molecular weight is 222 g/mol. The number of allylic oxidation sites excluding steroid dienone is 3. The normalized spacial score (nSPS) is 25.1. The molecule has 3 heteroatoms. The summed E-state index contributed by atoms with van der Waals surface area (Å²) < 4.78 is 16.1. The Labute approximate surface area is 96.4 Å². The molecule has 16 heavy (non-hydrogen) atoms. The SMILES string of the molecule is C=C/C=C\C(OCOC)=C1/COCC12CC2. The van der Waals surface area contributed by atoms with E-state index in [0.717, 1.165) is 12.4 Å². The Morgan fingerprint density at radius 1 is 1.56 bits per heavy atom. The maximum absolute atomic E-state index is 5.60. The van der Waals surface area contributed by atoms with E-state index < -0.39 is 0 Å². The summed E-state index contributed by atoms with van der Waals surface area (Å²) in [5, 5.41) is 0. The van der Waals surface area contributed by atoms with Gasteiger partial charge in [0.25, 0.3) is 0 Å². The molecule has 0 aromatic rings. The smallest absolute Gasteiger partial charge is 0.188 e. The molecule has 0 atom stereocenters. The van der Waals surface area contributed by atoms with Gasteiger partial charge in [0.05, 0.1) is 13.2 Å². The lowest BCUT2D eigenvalue weighted by atomic mass is 9.98. The molecule has 2 fully saturated rings. The number of ether oxygens (including phenoxy) is 3. The van der Waals surface area contributed by atoms with Crippen LogP contribution in [0.3, 0.4) is 0 Å². The molecule has 1 aliphatic heterocycles. The van der Waals surface area contributed by atoms with Gasteiger partial charge in [-0.15, -0.1) is 0 Å². The van der Waals surface area contributed by atoms with Gasteiger partial charge in [0.1, 0.15) is 5.76 Å². The van der Waals surface area contributed by atoms with Crippen molar-refractivity contribution in [2.24, 2.45) is 5.41 Å². The predicted octanol–water partition coefficient (Wildman–Crippen LogP) is 2.41. The van der Waals surface area contributed by atoms with Crippen LogP contribution >= 0.6 is 0 Å². The zero-order valence-electron chi connectivity index (χ0n) is 9.70. The topological polar surface area (TPSA) is 27.7 Å². The van der Waals surface area contributed by atoms with Crippen molar-refractivity contribution in [1.29, 1.82) is 0 Å². The third-order valence-electron chi connectivity index (χ3n) is 3.13. The summed E-state index contributed by atoms with van der Waals surface area (Å²) in [6, 6.07) is 0. The van der Waals surface area contributed by atoms with Crippen molar-refractivity contribution in [3.8, 4) is 0 Å². The Morgan fingerprint density at radius 2 is 2.38 bits per heavy atom. The molecule has 3 nitrogen and oxygen atoms in total. The van der Waals surface area contributed by atoms with Gasteiger partial charge >= 0.3 is 0 Å². The van der Waals surface area contributed by atoms with Crippen molar-refractivity contribution in [1.82, 2.24) is 0 Å². The lowest BCUT2D eigenvalue weighted by Crippen LogP contribution is -2.07. The van der Waals surface area contributed by atoms with Crippen molar-refractivity contribution in [2.75, 3.05) is 27.1 Å². The molecule has 0 aromatic carbocycles. The molecule has 88 valence electrons. The molecule has 0 unspecified atom stereocenters. The molecule has 0 bridgehead atoms. The Bertz CT molecular complexity index is 324. The lowest BCUT2D eigenvalue weighted by molar-refractivity contribution is 0.00822. The fourth-order valence-corrected chi connectivity index (χ4v) is 2.03. The van der Waals surface area contributed by atoms with E-state index in [4.69, 9.17) is 14.2 Å². The summed E-state index contributed by atoms with van der Waals surface area (Å²) in [5.41, 5.74) is 1.55. The van der Waals surface area contributed by atoms with Crippen LogP contribution in [0, 0.1) is 5.41 Å². The molecule has 0 aromatic heterocycles. The fourth-order valence-electron chi connectivity index (χ4n) is 2.03. The Balaban J connectivity index is 2.18. The standard InChI is InChI=1S/C13H18O3/c1-3-4-5-12(16-10-14-2)11-8-15-9-13(11)6-7-13/h3-5H,1,6-10H2,2H3/b5-4-,12-11-. The van der Waals surface area contributed by atoms with E-state index in [2.05, 4.69) is 6.58 Å². The maximum atomic E-state index is 5.60. The van der Waals surface area contributed by atoms with Gasteiger partial charge in [0.2, 0.25) is 0 Å². The third-order valence-corrected chi connectivity index (χ3v) is 3.13. The van der Waals surface area contributed by atoms with Crippen LogP contribution in [-0.2, 0) is 14.2 Å². The molecule has 1 spiro atoms. The second-order valence-corrected chi connectivity index (χ2v) is 4.26. The maximum Gasteiger partial charge on any atom is 0.188 e. The Kier molecular flexibility index (Phi) is 3.46. The highest BCUT2D eigenvalue weighted by Crippen LogP contribution is 2.56. The highest BCUT2D eigenvalue weighted by atomic mass is 16.7. The van der Waals surface area contributed by atoms with E-state index in [1.54, 1.807) is 13.2 Å². The van der Waals surface area contributed by atoms with E-state index in [-0.39, 0.29) is 12.2 Å². The van der Waals surface area contributed by atoms with E-state index >= 15 is 0 Å². The molecular weight excluding hydrogens is 204 g/mol. The molecule has 2 rings (SSSR count). The zero-order chi connectivity index (χ0) is 11.4. The minimum Gasteiger partial charge on any atom is -0.468 e. The summed E-state index contributed by atoms with van der Waals surface area (Å²) in [6.45, 7) is 5.46. The summed E-state index contributed by atoms with van der Waals surface area (Å²) in [5.74, 6) is 0.886. The first-order chi connectivity index (χ1) is 7.82. The van der Waals surface area contributed by atoms with Crippen molar-refractivity contribution >= 4 is 0 Å². The molecule has 1 heterocycles. The summed E-state index contributed by atoms with van der Waals surface area (Å²) in [4.78, 5) is 0. The predicted molar refractivity (Wildman–Crippen MR) is 61.8 cm³/mol. The van der Waals surface area contributed by atoms with Crippen LogP contribution in [0.2, 0.25) is 0 Å². The van der Waals surface area contributed by atoms with Gasteiger partial charge in [0, 0.05) is 18.1 Å². The van der Waals surface area contributed by atoms with E-state index in [9.17, 15) is 0 Å². The quantitative estimate of drug-likeness (QED) is 0.406. The van der Waals surface area contributed by atoms with Crippen LogP contribution in [0.25, 0.3) is 0 Å². The molecule has 1 saturated carbocycles. The van der Waals surface area contributed by atoms with Gasteiger partial charge in [-0.1, -0.05) is 18.7 Å².